The molecular weight excluding hydrogens is 474 g/mol. The summed E-state index contributed by atoms with van der Waals surface area (Å²) in [5, 5.41) is 11.2. The van der Waals surface area contributed by atoms with Crippen molar-refractivity contribution in [1.29, 1.82) is 0 Å². The van der Waals surface area contributed by atoms with Gasteiger partial charge in [-0.2, -0.15) is 5.10 Å². The molecule has 0 spiro atoms. The maximum absolute atomic E-state index is 13.6. The summed E-state index contributed by atoms with van der Waals surface area (Å²) in [7, 11) is 0. The average Bonchev–Trinajstić information content (AvgIpc) is 3.36. The second kappa shape index (κ2) is 10.7. The van der Waals surface area contributed by atoms with Gasteiger partial charge in [-0.15, -0.1) is 0 Å². The maximum Gasteiger partial charge on any atom is 0.319 e. The van der Waals surface area contributed by atoms with Gasteiger partial charge in [0.05, 0.1) is 11.3 Å². The van der Waals surface area contributed by atoms with Crippen LogP contribution >= 0.6 is 11.6 Å². The van der Waals surface area contributed by atoms with Crippen LogP contribution < -0.4 is 10.6 Å². The molecule has 0 saturated carbocycles. The van der Waals surface area contributed by atoms with Crippen LogP contribution in [0.1, 0.15) is 23.2 Å². The lowest BCUT2D eigenvalue weighted by molar-refractivity contribution is 0.0709. The molecule has 1 aliphatic heterocycles. The number of hydrogen-bond donors (Lipinski definition) is 2. The number of halogens is 1. The van der Waals surface area contributed by atoms with Crippen molar-refractivity contribution >= 4 is 29.2 Å². The molecule has 0 aliphatic carbocycles. The highest BCUT2D eigenvalue weighted by molar-refractivity contribution is 6.30. The highest BCUT2D eigenvalue weighted by Gasteiger charge is 2.28. The number of amides is 3. The minimum atomic E-state index is -0.236. The Balaban J connectivity index is 1.29. The molecule has 182 valence electrons. The van der Waals surface area contributed by atoms with Crippen LogP contribution in [0.15, 0.2) is 91.1 Å². The van der Waals surface area contributed by atoms with Crippen LogP contribution in [0.3, 0.4) is 0 Å². The number of carbonyl (C=O) groups excluding carboxylic acids is 2. The van der Waals surface area contributed by atoms with Crippen LogP contribution in [0.25, 0.3) is 16.9 Å². The summed E-state index contributed by atoms with van der Waals surface area (Å²) < 4.78 is 1.74. The third kappa shape index (κ3) is 5.42. The van der Waals surface area contributed by atoms with Crippen molar-refractivity contribution in [2.45, 2.75) is 18.9 Å². The van der Waals surface area contributed by atoms with Crippen LogP contribution in [-0.2, 0) is 0 Å². The number of carbonyl (C=O) groups is 2. The smallest absolute Gasteiger partial charge is 0.319 e. The molecular formula is C28H26ClN5O2. The predicted molar refractivity (Wildman–Crippen MR) is 142 cm³/mol. The van der Waals surface area contributed by atoms with Gasteiger partial charge in [0, 0.05) is 41.6 Å². The van der Waals surface area contributed by atoms with E-state index in [9.17, 15) is 9.59 Å². The first-order chi connectivity index (χ1) is 17.6. The first-order valence-electron chi connectivity index (χ1n) is 11.9. The Bertz CT molecular complexity index is 1330. The van der Waals surface area contributed by atoms with Crippen molar-refractivity contribution < 1.29 is 9.59 Å². The second-order valence-electron chi connectivity index (χ2n) is 8.71. The molecule has 1 saturated heterocycles. The number of nitrogens with one attached hydrogen (secondary N) is 2. The highest BCUT2D eigenvalue weighted by Crippen LogP contribution is 2.27. The fourth-order valence-electron chi connectivity index (χ4n) is 4.34. The summed E-state index contributed by atoms with van der Waals surface area (Å²) in [6, 6.07) is 26.1. The normalized spacial score (nSPS) is 13.9. The van der Waals surface area contributed by atoms with Crippen molar-refractivity contribution in [3.8, 4) is 16.9 Å². The summed E-state index contributed by atoms with van der Waals surface area (Å²) in [6.45, 7) is 1.09. The van der Waals surface area contributed by atoms with Crippen molar-refractivity contribution in [1.82, 2.24) is 20.0 Å². The number of aromatic nitrogens is 2. The molecule has 0 unspecified atom stereocenters. The molecule has 3 amide bonds. The molecule has 0 bridgehead atoms. The highest BCUT2D eigenvalue weighted by atomic mass is 35.5. The Morgan fingerprint density at radius 1 is 0.861 bits per heavy atom. The predicted octanol–water partition coefficient (Wildman–Crippen LogP) is 5.62. The average molecular weight is 500 g/mol. The minimum Gasteiger partial charge on any atom is -0.338 e. The van der Waals surface area contributed by atoms with Gasteiger partial charge in [-0.25, -0.2) is 9.48 Å². The van der Waals surface area contributed by atoms with Gasteiger partial charge in [-0.05, 0) is 49.2 Å². The third-order valence-electron chi connectivity index (χ3n) is 6.23. The molecule has 36 heavy (non-hydrogen) atoms. The Kier molecular flexibility index (Phi) is 7.00. The molecule has 0 radical (unpaired) electrons. The molecule has 1 aromatic heterocycles. The molecule has 8 heteroatoms. The van der Waals surface area contributed by atoms with E-state index in [0.717, 1.165) is 16.9 Å². The number of anilines is 1. The summed E-state index contributed by atoms with van der Waals surface area (Å²) in [5.74, 6) is -0.0747. The van der Waals surface area contributed by atoms with Gasteiger partial charge in [0.2, 0.25) is 0 Å². The van der Waals surface area contributed by atoms with E-state index in [1.807, 2.05) is 77.7 Å². The van der Waals surface area contributed by atoms with Crippen LogP contribution in [0.4, 0.5) is 10.5 Å². The number of hydrogen-bond acceptors (Lipinski definition) is 3. The Hall–Kier alpha value is -4.10. The quantitative estimate of drug-likeness (QED) is 0.374. The summed E-state index contributed by atoms with van der Waals surface area (Å²) >= 11 is 6.08. The van der Waals surface area contributed by atoms with Gasteiger partial charge in [-0.3, -0.25) is 4.79 Å². The zero-order valence-corrected chi connectivity index (χ0v) is 20.4. The number of para-hydroxylation sites is 2. The zero-order valence-electron chi connectivity index (χ0n) is 19.6. The first-order valence-corrected chi connectivity index (χ1v) is 12.3. The third-order valence-corrected chi connectivity index (χ3v) is 6.48. The van der Waals surface area contributed by atoms with E-state index in [0.29, 0.717) is 42.2 Å². The van der Waals surface area contributed by atoms with Gasteiger partial charge >= 0.3 is 6.03 Å². The van der Waals surface area contributed by atoms with E-state index in [4.69, 9.17) is 16.7 Å². The van der Waals surface area contributed by atoms with Gasteiger partial charge in [0.15, 0.2) is 0 Å². The Morgan fingerprint density at radius 2 is 1.50 bits per heavy atom. The van der Waals surface area contributed by atoms with Gasteiger partial charge in [0.1, 0.15) is 5.69 Å². The summed E-state index contributed by atoms with van der Waals surface area (Å²) in [4.78, 5) is 27.8. The van der Waals surface area contributed by atoms with Crippen molar-refractivity contribution in [2.24, 2.45) is 0 Å². The fraction of sp³-hybridized carbons (Fsp3) is 0.179. The first kappa shape index (κ1) is 23.6. The van der Waals surface area contributed by atoms with Crippen molar-refractivity contribution in [2.75, 3.05) is 18.4 Å². The fourth-order valence-corrected chi connectivity index (χ4v) is 4.46. The minimum absolute atomic E-state index is 0.000500. The van der Waals surface area contributed by atoms with E-state index in [2.05, 4.69) is 10.6 Å². The lowest BCUT2D eigenvalue weighted by Crippen LogP contribution is -2.47. The van der Waals surface area contributed by atoms with Gasteiger partial charge in [0.25, 0.3) is 5.91 Å². The van der Waals surface area contributed by atoms with Gasteiger partial charge < -0.3 is 15.5 Å². The molecule has 1 fully saturated rings. The lowest BCUT2D eigenvalue weighted by atomic mass is 10.0. The van der Waals surface area contributed by atoms with Crippen LogP contribution in [-0.4, -0.2) is 45.8 Å². The standard InChI is InChI=1S/C28H26ClN5O2/c29-21-13-11-20(12-14-21)26-25(19-34(32-26)24-9-5-2-6-10-24)27(35)33-17-15-23(16-18-33)31-28(36)30-22-7-3-1-4-8-22/h1-14,19,23H,15-18H2,(H2,30,31,36). The van der Waals surface area contributed by atoms with Gasteiger partial charge in [-0.1, -0.05) is 60.1 Å². The van der Waals surface area contributed by atoms with Crippen molar-refractivity contribution in [3.05, 3.63) is 102 Å². The van der Waals surface area contributed by atoms with Crippen molar-refractivity contribution in [3.63, 3.8) is 0 Å². The molecule has 1 aliphatic rings. The second-order valence-corrected chi connectivity index (χ2v) is 9.15. The van der Waals surface area contributed by atoms with E-state index in [1.165, 1.54) is 0 Å². The molecule has 5 rings (SSSR count). The molecule has 0 atom stereocenters. The lowest BCUT2D eigenvalue weighted by Gasteiger charge is -2.32. The van der Waals surface area contributed by atoms with Crippen LogP contribution in [0.5, 0.6) is 0 Å². The molecule has 3 aromatic carbocycles. The molecule has 2 heterocycles. The maximum atomic E-state index is 13.6. The van der Waals surface area contributed by atoms with E-state index in [1.54, 1.807) is 23.0 Å². The molecule has 4 aromatic rings. The van der Waals surface area contributed by atoms with E-state index >= 15 is 0 Å². The number of likely N-dealkylation sites (tertiary alicyclic amines) is 1. The van der Waals surface area contributed by atoms with E-state index < -0.39 is 0 Å². The molecule has 7 nitrogen and oxygen atoms in total. The van der Waals surface area contributed by atoms with Crippen LogP contribution in [0.2, 0.25) is 5.02 Å². The Morgan fingerprint density at radius 3 is 2.17 bits per heavy atom. The number of piperidine rings is 1. The Labute approximate surface area is 214 Å². The summed E-state index contributed by atoms with van der Waals surface area (Å²) in [5.41, 5.74) is 3.59. The SMILES string of the molecule is O=C(Nc1ccccc1)NC1CCN(C(=O)c2cn(-c3ccccc3)nc2-c2ccc(Cl)cc2)CC1. The topological polar surface area (TPSA) is 79.3 Å². The van der Waals surface area contributed by atoms with Crippen LogP contribution in [0, 0.1) is 0 Å². The molecule has 2 N–H and O–H groups in total. The number of urea groups is 1. The zero-order chi connectivity index (χ0) is 24.9. The summed E-state index contributed by atoms with van der Waals surface area (Å²) in [6.07, 6.45) is 3.15. The largest absolute Gasteiger partial charge is 0.338 e. The number of rotatable bonds is 5. The number of benzene rings is 3. The number of nitrogens with zero attached hydrogens (tertiary/aromatic N) is 3. The monoisotopic (exact) mass is 499 g/mol. The van der Waals surface area contributed by atoms with E-state index in [-0.39, 0.29) is 18.0 Å².